The highest BCUT2D eigenvalue weighted by atomic mass is 31.2. The maximum atomic E-state index is 13.0. The molecule has 0 aliphatic carbocycles. The summed E-state index contributed by atoms with van der Waals surface area (Å²) in [5.74, 6) is 0.236. The first-order valence-electron chi connectivity index (χ1n) is 9.58. The third-order valence-electron chi connectivity index (χ3n) is 3.75. The average molecular weight is 491 g/mol. The molecule has 184 valence electrons. The Labute approximate surface area is 188 Å². The number of anilines is 1. The third kappa shape index (κ3) is 8.46. The molecule has 2 N–H and O–H groups in total. The van der Waals surface area contributed by atoms with Crippen molar-refractivity contribution in [2.75, 3.05) is 32.8 Å². The summed E-state index contributed by atoms with van der Waals surface area (Å²) in [4.78, 5) is 34.7. The summed E-state index contributed by atoms with van der Waals surface area (Å²) >= 11 is 0. The molecule has 33 heavy (non-hydrogen) atoms. The predicted octanol–water partition coefficient (Wildman–Crippen LogP) is 2.26. The number of methoxy groups -OCH3 is 1. The number of nitrogens with two attached hydrogens (primary N) is 1. The van der Waals surface area contributed by atoms with Crippen molar-refractivity contribution in [3.63, 3.8) is 0 Å². The molecule has 0 saturated heterocycles. The molecule has 0 fully saturated rings. The van der Waals surface area contributed by atoms with Crippen LogP contribution in [0.1, 0.15) is 20.8 Å². The molecule has 0 radical (unpaired) electrons. The summed E-state index contributed by atoms with van der Waals surface area (Å²) in [6.45, 7) is 3.71. The van der Waals surface area contributed by atoms with Crippen LogP contribution in [-0.2, 0) is 43.8 Å². The molecule has 2 rings (SSSR count). The Morgan fingerprint density at radius 2 is 1.76 bits per heavy atom. The first-order chi connectivity index (χ1) is 15.6. The Kier molecular flexibility index (Phi) is 9.78. The number of hydrogen-bond donors (Lipinski definition) is 1. The molecule has 16 heteroatoms. The molecule has 0 aliphatic rings. The van der Waals surface area contributed by atoms with Crippen molar-refractivity contribution in [3.05, 3.63) is 12.7 Å². The first kappa shape index (κ1) is 26.3. The second kappa shape index (κ2) is 12.3. The number of ether oxygens (including phenoxy) is 5. The number of carbonyl (C=O) groups excluding carboxylic acids is 2. The Morgan fingerprint density at radius 3 is 2.39 bits per heavy atom. The highest BCUT2D eigenvalue weighted by Gasteiger charge is 2.28. The molecule has 0 aliphatic heterocycles. The summed E-state index contributed by atoms with van der Waals surface area (Å²) in [5, 5.41) is 0. The highest BCUT2D eigenvalue weighted by Crippen LogP contribution is 2.48. The van der Waals surface area contributed by atoms with Gasteiger partial charge >= 0.3 is 19.9 Å². The van der Waals surface area contributed by atoms with E-state index in [1.165, 1.54) is 12.7 Å². The molecule has 0 amide bonds. The lowest BCUT2D eigenvalue weighted by Crippen LogP contribution is -2.20. The van der Waals surface area contributed by atoms with Crippen molar-refractivity contribution in [1.82, 2.24) is 19.5 Å². The van der Waals surface area contributed by atoms with Crippen molar-refractivity contribution < 1.29 is 46.9 Å². The van der Waals surface area contributed by atoms with Crippen LogP contribution < -0.4 is 5.73 Å². The van der Waals surface area contributed by atoms with E-state index in [1.54, 1.807) is 25.3 Å². The SMILES string of the molecule is COC(=O)OCOP(=O)(CO[C@H](C)Cn1cnc2c(N)ncnc21)OCOC(=O)OC(C)C. The van der Waals surface area contributed by atoms with E-state index in [9.17, 15) is 14.2 Å². The van der Waals surface area contributed by atoms with Gasteiger partial charge in [0.25, 0.3) is 0 Å². The van der Waals surface area contributed by atoms with E-state index < -0.39 is 52.0 Å². The topological polar surface area (TPSA) is 185 Å². The lowest BCUT2D eigenvalue weighted by atomic mass is 10.4. The number of nitrogen functional groups attached to an aromatic ring is 1. The Balaban J connectivity index is 1.95. The zero-order chi connectivity index (χ0) is 24.4. The molecular formula is C17H26N5O10P. The van der Waals surface area contributed by atoms with E-state index in [4.69, 9.17) is 24.3 Å². The maximum Gasteiger partial charge on any atom is 0.510 e. The van der Waals surface area contributed by atoms with Crippen LogP contribution in [0.15, 0.2) is 12.7 Å². The zero-order valence-corrected chi connectivity index (χ0v) is 19.4. The van der Waals surface area contributed by atoms with Crippen molar-refractivity contribution >= 4 is 36.9 Å². The lowest BCUT2D eigenvalue weighted by molar-refractivity contribution is -0.0315. The van der Waals surface area contributed by atoms with Crippen LogP contribution in [0.25, 0.3) is 11.2 Å². The van der Waals surface area contributed by atoms with Crippen molar-refractivity contribution in [1.29, 1.82) is 0 Å². The summed E-state index contributed by atoms with van der Waals surface area (Å²) in [6.07, 6.45) is -0.745. The van der Waals surface area contributed by atoms with Gasteiger partial charge in [-0.15, -0.1) is 0 Å². The molecule has 2 aromatic heterocycles. The minimum atomic E-state index is -4.03. The summed E-state index contributed by atoms with van der Waals surface area (Å²) < 4.78 is 48.6. The van der Waals surface area contributed by atoms with E-state index >= 15 is 0 Å². The van der Waals surface area contributed by atoms with E-state index in [2.05, 4.69) is 29.2 Å². The summed E-state index contributed by atoms with van der Waals surface area (Å²) in [6, 6.07) is 0. The van der Waals surface area contributed by atoms with Crippen LogP contribution in [0.3, 0.4) is 0 Å². The van der Waals surface area contributed by atoms with Gasteiger partial charge in [-0.25, -0.2) is 24.5 Å². The fraction of sp³-hybridized carbons (Fsp3) is 0.588. The van der Waals surface area contributed by atoms with Gasteiger partial charge in [-0.05, 0) is 20.8 Å². The minimum Gasteiger partial charge on any atom is -0.438 e. The Hall–Kier alpha value is -3.00. The van der Waals surface area contributed by atoms with Gasteiger partial charge in [0.2, 0.25) is 13.6 Å². The maximum absolute atomic E-state index is 13.0. The van der Waals surface area contributed by atoms with Gasteiger partial charge in [-0.2, -0.15) is 0 Å². The van der Waals surface area contributed by atoms with Crippen LogP contribution in [0, 0.1) is 0 Å². The lowest BCUT2D eigenvalue weighted by Gasteiger charge is -2.21. The highest BCUT2D eigenvalue weighted by molar-refractivity contribution is 7.53. The Morgan fingerprint density at radius 1 is 1.09 bits per heavy atom. The number of fused-ring (bicyclic) bond motifs is 1. The van der Waals surface area contributed by atoms with E-state index in [0.29, 0.717) is 11.2 Å². The molecule has 2 atom stereocenters. The summed E-state index contributed by atoms with van der Waals surface area (Å²) in [7, 11) is -2.94. The summed E-state index contributed by atoms with van der Waals surface area (Å²) in [5.41, 5.74) is 6.71. The van der Waals surface area contributed by atoms with Crippen LogP contribution >= 0.6 is 7.60 Å². The average Bonchev–Trinajstić information content (AvgIpc) is 3.16. The quantitative estimate of drug-likeness (QED) is 0.259. The van der Waals surface area contributed by atoms with Gasteiger partial charge < -0.3 is 34.0 Å². The fourth-order valence-electron chi connectivity index (χ4n) is 2.29. The smallest absolute Gasteiger partial charge is 0.438 e. The van der Waals surface area contributed by atoms with Crippen LogP contribution in [0.5, 0.6) is 0 Å². The number of nitrogens with zero attached hydrogens (tertiary/aromatic N) is 4. The molecule has 0 bridgehead atoms. The zero-order valence-electron chi connectivity index (χ0n) is 18.5. The number of aromatic nitrogens is 4. The predicted molar refractivity (Wildman–Crippen MR) is 111 cm³/mol. The molecule has 0 spiro atoms. The van der Waals surface area contributed by atoms with Crippen LogP contribution in [0.4, 0.5) is 15.4 Å². The third-order valence-corrected chi connectivity index (χ3v) is 5.21. The van der Waals surface area contributed by atoms with Gasteiger partial charge in [0.15, 0.2) is 11.5 Å². The molecule has 0 aromatic carbocycles. The van der Waals surface area contributed by atoms with E-state index in [-0.39, 0.29) is 12.4 Å². The van der Waals surface area contributed by atoms with Gasteiger partial charge in [-0.3, -0.25) is 13.6 Å². The Bertz CT molecular complexity index is 984. The first-order valence-corrected chi connectivity index (χ1v) is 11.3. The van der Waals surface area contributed by atoms with Crippen molar-refractivity contribution in [2.45, 2.75) is 39.5 Å². The van der Waals surface area contributed by atoms with E-state index in [1.807, 2.05) is 0 Å². The van der Waals surface area contributed by atoms with Crippen LogP contribution in [-0.4, -0.2) is 71.1 Å². The van der Waals surface area contributed by atoms with E-state index in [0.717, 1.165) is 7.11 Å². The molecular weight excluding hydrogens is 465 g/mol. The van der Waals surface area contributed by atoms with Crippen molar-refractivity contribution in [3.8, 4) is 0 Å². The molecule has 15 nitrogen and oxygen atoms in total. The number of rotatable bonds is 12. The monoisotopic (exact) mass is 491 g/mol. The largest absolute Gasteiger partial charge is 0.510 e. The molecule has 0 saturated carbocycles. The number of imidazole rings is 1. The van der Waals surface area contributed by atoms with Gasteiger partial charge in [-0.1, -0.05) is 0 Å². The second-order valence-corrected chi connectivity index (χ2v) is 8.70. The van der Waals surface area contributed by atoms with Crippen LogP contribution in [0.2, 0.25) is 0 Å². The van der Waals surface area contributed by atoms with Gasteiger partial charge in [0, 0.05) is 0 Å². The second-order valence-electron chi connectivity index (χ2n) is 6.70. The minimum absolute atomic E-state index is 0.236. The van der Waals surface area contributed by atoms with Gasteiger partial charge in [0.05, 0.1) is 32.2 Å². The van der Waals surface area contributed by atoms with Gasteiger partial charge in [0.1, 0.15) is 18.2 Å². The molecule has 2 heterocycles. The molecule has 1 unspecified atom stereocenters. The molecule has 2 aromatic rings. The normalized spacial score (nSPS) is 14.0. The number of carbonyl (C=O) groups is 2. The van der Waals surface area contributed by atoms with Crippen molar-refractivity contribution in [2.24, 2.45) is 0 Å². The number of hydrogen-bond acceptors (Lipinski definition) is 14. The standard InChI is InChI=1S/C17H26N5O10P/c1-11(2)32-17(24)28-9-31-33(25,30-8-27-16(23)26-4)10-29-12(3)5-22-7-21-13-14(18)19-6-20-15(13)22/h6-7,11-12H,5,8-10H2,1-4H3,(H2,18,19,20)/t12-,33?/m1/s1. The fourth-order valence-corrected chi connectivity index (χ4v) is 3.37.